The molecule has 1 heterocycles. The number of rotatable bonds is 7. The van der Waals surface area contributed by atoms with Crippen LogP contribution in [0.2, 0.25) is 0 Å². The standard InChI is InChI=1S/C12H19N3OS/c1-3-4-5-8-15(2)12(16)10-9-17-11(14-10)6-7-13/h3,9H,1,4-8,13H2,2H3. The van der Waals surface area contributed by atoms with E-state index in [1.165, 1.54) is 11.3 Å². The van der Waals surface area contributed by atoms with Gasteiger partial charge in [-0.2, -0.15) is 0 Å². The van der Waals surface area contributed by atoms with Gasteiger partial charge in [0.15, 0.2) is 0 Å². The van der Waals surface area contributed by atoms with Crippen molar-refractivity contribution >= 4 is 17.2 Å². The van der Waals surface area contributed by atoms with Crippen LogP contribution in [0.25, 0.3) is 0 Å². The van der Waals surface area contributed by atoms with Gasteiger partial charge in [0.2, 0.25) is 0 Å². The van der Waals surface area contributed by atoms with E-state index in [2.05, 4.69) is 11.6 Å². The minimum atomic E-state index is -0.0198. The smallest absolute Gasteiger partial charge is 0.273 e. The van der Waals surface area contributed by atoms with E-state index < -0.39 is 0 Å². The van der Waals surface area contributed by atoms with Crippen LogP contribution in [0.1, 0.15) is 28.3 Å². The summed E-state index contributed by atoms with van der Waals surface area (Å²) in [6, 6.07) is 0. The number of amides is 1. The number of carbonyl (C=O) groups is 1. The Morgan fingerprint density at radius 1 is 1.71 bits per heavy atom. The largest absolute Gasteiger partial charge is 0.340 e. The summed E-state index contributed by atoms with van der Waals surface area (Å²) in [6.07, 6.45) is 4.46. The van der Waals surface area contributed by atoms with Crippen LogP contribution in [0.15, 0.2) is 18.0 Å². The Labute approximate surface area is 106 Å². The lowest BCUT2D eigenvalue weighted by atomic mass is 10.3. The molecule has 0 spiro atoms. The predicted octanol–water partition coefficient (Wildman–Crippen LogP) is 1.68. The first-order valence-electron chi connectivity index (χ1n) is 5.70. The van der Waals surface area contributed by atoms with Gasteiger partial charge >= 0.3 is 0 Å². The summed E-state index contributed by atoms with van der Waals surface area (Å²) in [5.74, 6) is -0.0198. The Hall–Kier alpha value is -1.20. The van der Waals surface area contributed by atoms with Gasteiger partial charge in [-0.05, 0) is 19.4 Å². The fourth-order valence-corrected chi connectivity index (χ4v) is 2.21. The van der Waals surface area contributed by atoms with E-state index in [-0.39, 0.29) is 5.91 Å². The first-order chi connectivity index (χ1) is 8.19. The lowest BCUT2D eigenvalue weighted by Gasteiger charge is -2.14. The van der Waals surface area contributed by atoms with Gasteiger partial charge in [0.1, 0.15) is 5.69 Å². The predicted molar refractivity (Wildman–Crippen MR) is 71.3 cm³/mol. The fourth-order valence-electron chi connectivity index (χ4n) is 1.42. The highest BCUT2D eigenvalue weighted by atomic mass is 32.1. The maximum atomic E-state index is 12.0. The van der Waals surface area contributed by atoms with Gasteiger partial charge in [0, 0.05) is 25.4 Å². The molecule has 0 atom stereocenters. The molecule has 1 amide bonds. The Bertz CT molecular complexity index is 376. The minimum absolute atomic E-state index is 0.0198. The second kappa shape index (κ2) is 7.19. The van der Waals surface area contributed by atoms with E-state index in [9.17, 15) is 4.79 Å². The lowest BCUT2D eigenvalue weighted by Crippen LogP contribution is -2.28. The minimum Gasteiger partial charge on any atom is -0.340 e. The maximum absolute atomic E-state index is 12.0. The number of aromatic nitrogens is 1. The third-order valence-electron chi connectivity index (χ3n) is 2.38. The molecule has 0 radical (unpaired) electrons. The van der Waals surface area contributed by atoms with Gasteiger partial charge in [0.25, 0.3) is 5.91 Å². The second-order valence-electron chi connectivity index (χ2n) is 3.82. The molecule has 1 aromatic heterocycles. The number of unbranched alkanes of at least 4 members (excludes halogenated alkanes) is 1. The molecule has 0 aliphatic heterocycles. The number of thiazole rings is 1. The van der Waals surface area contributed by atoms with E-state index in [0.29, 0.717) is 12.2 Å². The van der Waals surface area contributed by atoms with E-state index in [1.54, 1.807) is 17.3 Å². The van der Waals surface area contributed by atoms with Gasteiger partial charge in [-0.15, -0.1) is 17.9 Å². The van der Waals surface area contributed by atoms with Crippen molar-refractivity contribution in [2.24, 2.45) is 5.73 Å². The van der Waals surface area contributed by atoms with Crippen LogP contribution in [0, 0.1) is 0 Å². The number of nitrogens with zero attached hydrogens (tertiary/aromatic N) is 2. The third kappa shape index (κ3) is 4.28. The highest BCUT2D eigenvalue weighted by Crippen LogP contribution is 2.12. The molecule has 0 aliphatic carbocycles. The fraction of sp³-hybridized carbons (Fsp3) is 0.500. The quantitative estimate of drug-likeness (QED) is 0.594. The highest BCUT2D eigenvalue weighted by molar-refractivity contribution is 7.09. The van der Waals surface area contributed by atoms with Crippen LogP contribution in [-0.4, -0.2) is 35.9 Å². The zero-order chi connectivity index (χ0) is 12.7. The van der Waals surface area contributed by atoms with Crippen LogP contribution in [0.4, 0.5) is 0 Å². The molecule has 2 N–H and O–H groups in total. The molecule has 1 aromatic rings. The molecule has 0 saturated heterocycles. The lowest BCUT2D eigenvalue weighted by molar-refractivity contribution is 0.0788. The van der Waals surface area contributed by atoms with E-state index >= 15 is 0 Å². The number of allylic oxidation sites excluding steroid dienone is 1. The SMILES string of the molecule is C=CCCCN(C)C(=O)c1csc(CCN)n1. The molecule has 0 bridgehead atoms. The van der Waals surface area contributed by atoms with E-state index in [1.807, 2.05) is 6.08 Å². The molecular formula is C12H19N3OS. The first kappa shape index (κ1) is 13.9. The van der Waals surface area contributed by atoms with Crippen LogP contribution >= 0.6 is 11.3 Å². The van der Waals surface area contributed by atoms with Crippen molar-refractivity contribution in [3.8, 4) is 0 Å². The van der Waals surface area contributed by atoms with Crippen LogP contribution in [0.3, 0.4) is 0 Å². The van der Waals surface area contributed by atoms with Gasteiger partial charge in [-0.1, -0.05) is 6.08 Å². The van der Waals surface area contributed by atoms with Crippen LogP contribution < -0.4 is 5.73 Å². The molecule has 4 nitrogen and oxygen atoms in total. The zero-order valence-corrected chi connectivity index (χ0v) is 11.0. The Balaban J connectivity index is 2.52. The van der Waals surface area contributed by atoms with Crippen molar-refractivity contribution in [1.82, 2.24) is 9.88 Å². The molecular weight excluding hydrogens is 234 g/mol. The summed E-state index contributed by atoms with van der Waals surface area (Å²) in [5.41, 5.74) is 5.98. The van der Waals surface area contributed by atoms with Crippen molar-refractivity contribution < 1.29 is 4.79 Å². The number of hydrogen-bond acceptors (Lipinski definition) is 4. The maximum Gasteiger partial charge on any atom is 0.273 e. The average Bonchev–Trinajstić information content (AvgIpc) is 2.77. The molecule has 1 rings (SSSR count). The normalized spacial score (nSPS) is 10.2. The molecule has 0 aliphatic rings. The Morgan fingerprint density at radius 3 is 3.12 bits per heavy atom. The number of hydrogen-bond donors (Lipinski definition) is 1. The number of carbonyl (C=O) groups excluding carboxylic acids is 1. The van der Waals surface area contributed by atoms with Crippen LogP contribution in [-0.2, 0) is 6.42 Å². The van der Waals surface area contributed by atoms with Gasteiger partial charge < -0.3 is 10.6 Å². The molecule has 0 saturated carbocycles. The Kier molecular flexibility index (Phi) is 5.86. The van der Waals surface area contributed by atoms with E-state index in [0.717, 1.165) is 30.8 Å². The zero-order valence-electron chi connectivity index (χ0n) is 10.2. The summed E-state index contributed by atoms with van der Waals surface area (Å²) in [6.45, 7) is 4.95. The molecule has 0 fully saturated rings. The summed E-state index contributed by atoms with van der Waals surface area (Å²) in [5, 5.41) is 2.73. The molecule has 0 unspecified atom stereocenters. The number of nitrogens with two attached hydrogens (primary N) is 1. The van der Waals surface area contributed by atoms with Crippen molar-refractivity contribution in [2.45, 2.75) is 19.3 Å². The monoisotopic (exact) mass is 253 g/mol. The van der Waals surface area contributed by atoms with Gasteiger partial charge in [-0.25, -0.2) is 4.98 Å². The average molecular weight is 253 g/mol. The van der Waals surface area contributed by atoms with Crippen LogP contribution in [0.5, 0.6) is 0 Å². The van der Waals surface area contributed by atoms with Crippen molar-refractivity contribution in [3.05, 3.63) is 28.7 Å². The van der Waals surface area contributed by atoms with Crippen molar-refractivity contribution in [2.75, 3.05) is 20.1 Å². The van der Waals surface area contributed by atoms with E-state index in [4.69, 9.17) is 5.73 Å². The summed E-state index contributed by atoms with van der Waals surface area (Å²) in [4.78, 5) is 17.9. The van der Waals surface area contributed by atoms with Gasteiger partial charge in [0.05, 0.1) is 5.01 Å². The highest BCUT2D eigenvalue weighted by Gasteiger charge is 2.14. The van der Waals surface area contributed by atoms with Crippen molar-refractivity contribution in [1.29, 1.82) is 0 Å². The molecule has 5 heteroatoms. The Morgan fingerprint density at radius 2 is 2.47 bits per heavy atom. The summed E-state index contributed by atoms with van der Waals surface area (Å²) >= 11 is 1.49. The summed E-state index contributed by atoms with van der Waals surface area (Å²) < 4.78 is 0. The first-order valence-corrected chi connectivity index (χ1v) is 6.57. The second-order valence-corrected chi connectivity index (χ2v) is 4.77. The molecule has 17 heavy (non-hydrogen) atoms. The molecule has 0 aromatic carbocycles. The van der Waals surface area contributed by atoms with Crippen molar-refractivity contribution in [3.63, 3.8) is 0 Å². The third-order valence-corrected chi connectivity index (χ3v) is 3.29. The topological polar surface area (TPSA) is 59.2 Å². The molecule has 94 valence electrons. The van der Waals surface area contributed by atoms with Gasteiger partial charge in [-0.3, -0.25) is 4.79 Å². The summed E-state index contributed by atoms with van der Waals surface area (Å²) in [7, 11) is 1.80.